The minimum Gasteiger partial charge on any atom is -0.382 e. The van der Waals surface area contributed by atoms with Crippen molar-refractivity contribution >= 4 is 11.4 Å². The fourth-order valence-corrected chi connectivity index (χ4v) is 2.26. The van der Waals surface area contributed by atoms with E-state index >= 15 is 0 Å². The number of hydrogen-bond acceptors (Lipinski definition) is 3. The molecular formula is C14H17N3. The smallest absolute Gasteiger partial charge is 0.146 e. The summed E-state index contributed by atoms with van der Waals surface area (Å²) in [6.07, 6.45) is 9.12. The third-order valence-electron chi connectivity index (χ3n) is 2.99. The normalized spacial score (nSPS) is 20.1. The Kier molecular flexibility index (Phi) is 3.38. The molecule has 17 heavy (non-hydrogen) atoms. The Morgan fingerprint density at radius 1 is 1.35 bits per heavy atom. The second-order valence-electron chi connectivity index (χ2n) is 4.13. The average Bonchev–Trinajstić information content (AvgIpc) is 2.48. The second-order valence-corrected chi connectivity index (χ2v) is 4.13. The summed E-state index contributed by atoms with van der Waals surface area (Å²) >= 11 is 0. The number of fused-ring (bicyclic) bond motifs is 1. The Balaban J connectivity index is 2.56. The summed E-state index contributed by atoms with van der Waals surface area (Å²) in [6.45, 7) is 5.79. The topological polar surface area (TPSA) is 51.8 Å². The van der Waals surface area contributed by atoms with Crippen LogP contribution < -0.4 is 5.73 Å². The number of allylic oxidation sites excluding steroid dienone is 5. The first kappa shape index (κ1) is 11.6. The number of nitrogens with two attached hydrogens (primary N) is 1. The monoisotopic (exact) mass is 227 g/mol. The number of anilines is 1. The predicted octanol–water partition coefficient (Wildman–Crippen LogP) is 2.91. The van der Waals surface area contributed by atoms with Crippen molar-refractivity contribution in [3.05, 3.63) is 47.7 Å². The van der Waals surface area contributed by atoms with Gasteiger partial charge in [0.25, 0.3) is 0 Å². The van der Waals surface area contributed by atoms with E-state index in [2.05, 4.69) is 28.9 Å². The zero-order chi connectivity index (χ0) is 12.3. The van der Waals surface area contributed by atoms with Crippen LogP contribution in [-0.4, -0.2) is 10.2 Å². The molecule has 0 unspecified atom stereocenters. The summed E-state index contributed by atoms with van der Waals surface area (Å²) in [6, 6.07) is 1.93. The quantitative estimate of drug-likeness (QED) is 0.750. The van der Waals surface area contributed by atoms with Gasteiger partial charge in [-0.2, -0.15) is 0 Å². The third-order valence-corrected chi connectivity index (χ3v) is 2.99. The van der Waals surface area contributed by atoms with Crippen LogP contribution in [0.3, 0.4) is 0 Å². The lowest BCUT2D eigenvalue weighted by molar-refractivity contribution is 0.832. The highest BCUT2D eigenvalue weighted by atomic mass is 15.1. The molecule has 0 saturated carbocycles. The minimum absolute atomic E-state index is 0.496. The first-order valence-electron chi connectivity index (χ1n) is 5.87. The van der Waals surface area contributed by atoms with Crippen LogP contribution in [0.2, 0.25) is 0 Å². The molecule has 1 heterocycles. The summed E-state index contributed by atoms with van der Waals surface area (Å²) in [7, 11) is 0. The first-order chi connectivity index (χ1) is 8.26. The van der Waals surface area contributed by atoms with E-state index in [1.165, 1.54) is 11.1 Å². The van der Waals surface area contributed by atoms with Crippen molar-refractivity contribution in [3.63, 3.8) is 0 Å². The van der Waals surface area contributed by atoms with Gasteiger partial charge in [0.05, 0.1) is 5.69 Å². The number of nitrogen functional groups attached to an aromatic ring is 1. The molecule has 0 fully saturated rings. The lowest BCUT2D eigenvalue weighted by Gasteiger charge is -2.09. The van der Waals surface area contributed by atoms with Crippen molar-refractivity contribution in [1.82, 2.24) is 10.2 Å². The summed E-state index contributed by atoms with van der Waals surface area (Å²) in [5.74, 6) is 0.496. The van der Waals surface area contributed by atoms with E-state index in [4.69, 9.17) is 5.73 Å². The van der Waals surface area contributed by atoms with Crippen molar-refractivity contribution < 1.29 is 0 Å². The third kappa shape index (κ3) is 2.28. The number of aromatic nitrogens is 2. The van der Waals surface area contributed by atoms with Gasteiger partial charge in [-0.15, -0.1) is 10.2 Å². The van der Waals surface area contributed by atoms with Crippen molar-refractivity contribution in [1.29, 1.82) is 0 Å². The van der Waals surface area contributed by atoms with Crippen LogP contribution >= 0.6 is 0 Å². The molecule has 0 spiro atoms. The zero-order valence-electron chi connectivity index (χ0n) is 10.1. The Morgan fingerprint density at radius 2 is 2.18 bits per heavy atom. The van der Waals surface area contributed by atoms with Crippen LogP contribution in [0.15, 0.2) is 36.4 Å². The number of nitrogens with zero attached hydrogens (tertiary/aromatic N) is 2. The molecule has 0 atom stereocenters. The maximum Gasteiger partial charge on any atom is 0.146 e. The van der Waals surface area contributed by atoms with E-state index in [1.807, 2.05) is 19.1 Å². The van der Waals surface area contributed by atoms with Gasteiger partial charge in [-0.3, -0.25) is 0 Å². The van der Waals surface area contributed by atoms with Gasteiger partial charge in [-0.1, -0.05) is 24.8 Å². The van der Waals surface area contributed by atoms with Crippen molar-refractivity contribution in [2.75, 3.05) is 5.73 Å². The molecule has 0 amide bonds. The van der Waals surface area contributed by atoms with Crippen LogP contribution in [0, 0.1) is 0 Å². The van der Waals surface area contributed by atoms with Gasteiger partial charge in [0.1, 0.15) is 5.82 Å². The van der Waals surface area contributed by atoms with Crippen LogP contribution in [0.4, 0.5) is 5.82 Å². The molecule has 1 aromatic rings. The molecule has 3 nitrogen and oxygen atoms in total. The lowest BCUT2D eigenvalue weighted by Crippen LogP contribution is -2.01. The lowest BCUT2D eigenvalue weighted by atomic mass is 9.99. The predicted molar refractivity (Wildman–Crippen MR) is 71.3 cm³/mol. The Bertz CT molecular complexity index is 498. The van der Waals surface area contributed by atoms with Gasteiger partial charge in [-0.25, -0.2) is 0 Å². The van der Waals surface area contributed by atoms with E-state index in [0.29, 0.717) is 5.82 Å². The Hall–Kier alpha value is -1.90. The van der Waals surface area contributed by atoms with Crippen LogP contribution in [-0.2, 0) is 6.42 Å². The highest BCUT2D eigenvalue weighted by molar-refractivity contribution is 5.79. The highest BCUT2D eigenvalue weighted by Gasteiger charge is 2.17. The van der Waals surface area contributed by atoms with E-state index in [1.54, 1.807) is 0 Å². The van der Waals surface area contributed by atoms with E-state index in [-0.39, 0.29) is 0 Å². The summed E-state index contributed by atoms with van der Waals surface area (Å²) in [4.78, 5) is 0. The van der Waals surface area contributed by atoms with Gasteiger partial charge in [0.2, 0.25) is 0 Å². The zero-order valence-corrected chi connectivity index (χ0v) is 10.1. The Labute approximate surface area is 102 Å². The molecule has 1 aromatic heterocycles. The molecule has 0 saturated heterocycles. The highest BCUT2D eigenvalue weighted by Crippen LogP contribution is 2.32. The maximum atomic E-state index is 5.69. The molecular weight excluding hydrogens is 210 g/mol. The van der Waals surface area contributed by atoms with Crippen molar-refractivity contribution in [2.45, 2.75) is 26.2 Å². The van der Waals surface area contributed by atoms with Gasteiger partial charge in [0.15, 0.2) is 0 Å². The largest absolute Gasteiger partial charge is 0.382 e. The van der Waals surface area contributed by atoms with E-state index in [9.17, 15) is 0 Å². The molecule has 2 rings (SSSR count). The first-order valence-corrected chi connectivity index (χ1v) is 5.87. The number of rotatable bonds is 1. The molecule has 0 bridgehead atoms. The standard InChI is InChI=1S/C14H17N3/c1-3-6-10-7-5-8-11-9-13(15)16-17-14(11)12(10)4-2/h3-4,6,9H,1,5,7-8H2,2H3,(H2,15,16)/b10-6-,12-4+. The second kappa shape index (κ2) is 4.95. The number of aryl methyl sites for hydroxylation is 1. The summed E-state index contributed by atoms with van der Waals surface area (Å²) < 4.78 is 0. The molecule has 1 aliphatic carbocycles. The molecule has 0 radical (unpaired) electrons. The van der Waals surface area contributed by atoms with Crippen molar-refractivity contribution in [2.24, 2.45) is 0 Å². The van der Waals surface area contributed by atoms with Gasteiger partial charge in [-0.05, 0) is 43.4 Å². The molecule has 1 aliphatic rings. The summed E-state index contributed by atoms with van der Waals surface area (Å²) in [5.41, 5.74) is 10.3. The Morgan fingerprint density at radius 3 is 2.88 bits per heavy atom. The minimum atomic E-state index is 0.496. The van der Waals surface area contributed by atoms with Gasteiger partial charge in [0, 0.05) is 5.57 Å². The average molecular weight is 227 g/mol. The van der Waals surface area contributed by atoms with Crippen molar-refractivity contribution in [3.8, 4) is 0 Å². The van der Waals surface area contributed by atoms with Gasteiger partial charge >= 0.3 is 0 Å². The number of hydrogen-bond donors (Lipinski definition) is 1. The molecule has 0 aliphatic heterocycles. The maximum absolute atomic E-state index is 5.69. The van der Waals surface area contributed by atoms with Crippen LogP contribution in [0.25, 0.3) is 5.57 Å². The molecule has 2 N–H and O–H groups in total. The van der Waals surface area contributed by atoms with E-state index < -0.39 is 0 Å². The van der Waals surface area contributed by atoms with Crippen LogP contribution in [0.5, 0.6) is 0 Å². The fourth-order valence-electron chi connectivity index (χ4n) is 2.26. The van der Waals surface area contributed by atoms with Gasteiger partial charge < -0.3 is 5.73 Å². The molecule has 3 heteroatoms. The molecule has 0 aromatic carbocycles. The fraction of sp³-hybridized carbons (Fsp3) is 0.286. The summed E-state index contributed by atoms with van der Waals surface area (Å²) in [5, 5.41) is 8.21. The molecule has 88 valence electrons. The van der Waals surface area contributed by atoms with Crippen LogP contribution in [0.1, 0.15) is 31.0 Å². The van der Waals surface area contributed by atoms with E-state index in [0.717, 1.165) is 30.5 Å². The SMILES string of the molecule is C=C/C=C1/CCCc2cc(N)nnc2/C1=C/C.